The number of carbonyl (C=O) groups excluding carboxylic acids is 1. The Balaban J connectivity index is 1.49. The topological polar surface area (TPSA) is 82.3 Å². The van der Waals surface area contributed by atoms with Crippen molar-refractivity contribution in [1.29, 1.82) is 0 Å². The smallest absolute Gasteiger partial charge is 0.358 e. The van der Waals surface area contributed by atoms with Crippen LogP contribution in [-0.2, 0) is 27.2 Å². The summed E-state index contributed by atoms with van der Waals surface area (Å²) in [5.41, 5.74) is 0.0543. The SMILES string of the molecule is CC(C)N(C)[C@@H]1CC[C@H](NC(=O)Cc2cc3ccc(C(F)(F)F)cc3[nH]2)[C@H](CS(=O)(=O)c2ccccc2)C1. The van der Waals surface area contributed by atoms with Gasteiger partial charge in [-0.1, -0.05) is 24.3 Å². The molecule has 0 unspecified atom stereocenters. The van der Waals surface area contributed by atoms with E-state index in [1.54, 1.807) is 36.4 Å². The monoisotopic (exact) mass is 549 g/mol. The van der Waals surface area contributed by atoms with Crippen LogP contribution < -0.4 is 5.32 Å². The Bertz CT molecular complexity index is 1370. The van der Waals surface area contributed by atoms with Crippen LogP contribution in [0.2, 0.25) is 0 Å². The number of H-pyrrole nitrogens is 1. The highest BCUT2D eigenvalue weighted by atomic mass is 32.2. The molecule has 0 spiro atoms. The molecule has 2 N–H and O–H groups in total. The number of alkyl halides is 3. The van der Waals surface area contributed by atoms with Gasteiger partial charge in [-0.05, 0) is 81.8 Å². The Kier molecular flexibility index (Phi) is 8.23. The summed E-state index contributed by atoms with van der Waals surface area (Å²) < 4.78 is 65.6. The summed E-state index contributed by atoms with van der Waals surface area (Å²) in [4.78, 5) is 18.5. The summed E-state index contributed by atoms with van der Waals surface area (Å²) >= 11 is 0. The Labute approximate surface area is 221 Å². The van der Waals surface area contributed by atoms with E-state index >= 15 is 0 Å². The molecule has 1 aliphatic carbocycles. The van der Waals surface area contributed by atoms with Gasteiger partial charge in [0, 0.05) is 29.3 Å². The first kappa shape index (κ1) is 28.2. The van der Waals surface area contributed by atoms with Crippen LogP contribution in [0.3, 0.4) is 0 Å². The van der Waals surface area contributed by atoms with Crippen molar-refractivity contribution in [3.05, 3.63) is 65.9 Å². The third kappa shape index (κ3) is 6.58. The number of carbonyl (C=O) groups is 1. The lowest BCUT2D eigenvalue weighted by atomic mass is 9.81. The number of sulfone groups is 1. The zero-order chi connectivity index (χ0) is 27.7. The molecule has 1 fully saturated rings. The highest BCUT2D eigenvalue weighted by molar-refractivity contribution is 7.91. The number of fused-ring (bicyclic) bond motifs is 1. The number of halogens is 3. The van der Waals surface area contributed by atoms with Crippen molar-refractivity contribution in [3.8, 4) is 0 Å². The van der Waals surface area contributed by atoms with Crippen molar-refractivity contribution in [3.63, 3.8) is 0 Å². The van der Waals surface area contributed by atoms with Gasteiger partial charge in [0.05, 0.1) is 22.6 Å². The fraction of sp³-hybridized carbons (Fsp3) is 0.464. The molecule has 38 heavy (non-hydrogen) atoms. The van der Waals surface area contributed by atoms with Crippen LogP contribution in [0.1, 0.15) is 44.4 Å². The third-order valence-electron chi connectivity index (χ3n) is 7.58. The number of nitrogens with one attached hydrogen (secondary N) is 2. The highest BCUT2D eigenvalue weighted by Gasteiger charge is 2.37. The predicted octanol–water partition coefficient (Wildman–Crippen LogP) is 5.20. The lowest BCUT2D eigenvalue weighted by molar-refractivity contribution is -0.137. The van der Waals surface area contributed by atoms with Crippen molar-refractivity contribution < 1.29 is 26.4 Å². The molecule has 1 aromatic heterocycles. The summed E-state index contributed by atoms with van der Waals surface area (Å²) in [5.74, 6) is -0.645. The standard InChI is InChI=1S/C28H34F3N3O3S/c1-18(2)34(3)23-11-12-25(20(14-23)17-38(36,37)24-7-5-4-6-8-24)33-27(35)16-22-13-19-9-10-21(28(29,30)31)15-26(19)32-22/h4-10,13,15,18,20,23,25,32H,11-12,14,16-17H2,1-3H3,(H,33,35)/t20-,23+,25-/m0/s1. The molecule has 0 radical (unpaired) electrons. The van der Waals surface area contributed by atoms with E-state index in [-0.39, 0.29) is 41.0 Å². The van der Waals surface area contributed by atoms with Crippen molar-refractivity contribution in [2.24, 2.45) is 5.92 Å². The normalized spacial score (nSPS) is 20.8. The second kappa shape index (κ2) is 11.1. The molecule has 3 atom stereocenters. The molecule has 2 aromatic carbocycles. The van der Waals surface area contributed by atoms with Gasteiger partial charge in [0.25, 0.3) is 0 Å². The van der Waals surface area contributed by atoms with E-state index in [4.69, 9.17) is 0 Å². The van der Waals surface area contributed by atoms with Crippen LogP contribution in [-0.4, -0.2) is 55.1 Å². The van der Waals surface area contributed by atoms with Crippen LogP contribution in [0.4, 0.5) is 13.2 Å². The number of amides is 1. The van der Waals surface area contributed by atoms with Crippen molar-refractivity contribution in [2.75, 3.05) is 12.8 Å². The van der Waals surface area contributed by atoms with E-state index < -0.39 is 21.6 Å². The van der Waals surface area contributed by atoms with Gasteiger partial charge in [0.1, 0.15) is 0 Å². The number of aromatic amines is 1. The van der Waals surface area contributed by atoms with Gasteiger partial charge >= 0.3 is 6.18 Å². The summed E-state index contributed by atoms with van der Waals surface area (Å²) in [7, 11) is -1.52. The van der Waals surface area contributed by atoms with Crippen LogP contribution in [0.15, 0.2) is 59.5 Å². The van der Waals surface area contributed by atoms with Gasteiger partial charge in [0.15, 0.2) is 9.84 Å². The first-order valence-corrected chi connectivity index (χ1v) is 14.5. The number of aromatic nitrogens is 1. The Morgan fingerprint density at radius 1 is 1.11 bits per heavy atom. The van der Waals surface area contributed by atoms with Gasteiger partial charge in [-0.2, -0.15) is 13.2 Å². The van der Waals surface area contributed by atoms with E-state index in [1.165, 1.54) is 6.07 Å². The first-order valence-electron chi connectivity index (χ1n) is 12.8. The molecule has 0 saturated heterocycles. The van der Waals surface area contributed by atoms with Gasteiger partial charge < -0.3 is 15.2 Å². The van der Waals surface area contributed by atoms with Crippen LogP contribution in [0, 0.1) is 5.92 Å². The molecule has 1 heterocycles. The van der Waals surface area contributed by atoms with Gasteiger partial charge in [-0.15, -0.1) is 0 Å². The second-order valence-electron chi connectivity index (χ2n) is 10.5. The predicted molar refractivity (Wildman–Crippen MR) is 141 cm³/mol. The Morgan fingerprint density at radius 3 is 2.47 bits per heavy atom. The maximum atomic E-state index is 13.2. The molecule has 1 aliphatic rings. The lowest BCUT2D eigenvalue weighted by Gasteiger charge is -2.41. The quantitative estimate of drug-likeness (QED) is 0.405. The summed E-state index contributed by atoms with van der Waals surface area (Å²) in [6.45, 7) is 4.20. The zero-order valence-electron chi connectivity index (χ0n) is 21.8. The molecule has 10 heteroatoms. The number of hydrogen-bond acceptors (Lipinski definition) is 4. The van der Waals surface area contributed by atoms with E-state index in [0.29, 0.717) is 35.5 Å². The third-order valence-corrected chi connectivity index (χ3v) is 9.44. The molecule has 1 amide bonds. The number of nitrogens with zero attached hydrogens (tertiary/aromatic N) is 1. The molecule has 6 nitrogen and oxygen atoms in total. The van der Waals surface area contributed by atoms with E-state index in [2.05, 4.69) is 29.0 Å². The molecule has 0 aliphatic heterocycles. The average Bonchev–Trinajstić information content (AvgIpc) is 3.25. The van der Waals surface area contributed by atoms with Crippen molar-refractivity contribution >= 4 is 26.6 Å². The largest absolute Gasteiger partial charge is 0.416 e. The van der Waals surface area contributed by atoms with Crippen molar-refractivity contribution in [1.82, 2.24) is 15.2 Å². The Morgan fingerprint density at radius 2 is 1.82 bits per heavy atom. The fourth-order valence-corrected chi connectivity index (χ4v) is 7.00. The number of rotatable bonds is 8. The lowest BCUT2D eigenvalue weighted by Crippen LogP contribution is -2.51. The Hall–Kier alpha value is -2.85. The molecule has 206 valence electrons. The number of hydrogen-bond donors (Lipinski definition) is 2. The minimum atomic E-state index is -4.45. The number of benzene rings is 2. The molecular formula is C28H34F3N3O3S. The van der Waals surface area contributed by atoms with E-state index in [0.717, 1.165) is 18.6 Å². The fourth-order valence-electron chi connectivity index (χ4n) is 5.30. The van der Waals surface area contributed by atoms with Gasteiger partial charge in [-0.25, -0.2) is 8.42 Å². The first-order chi connectivity index (χ1) is 17.8. The summed E-state index contributed by atoms with van der Waals surface area (Å²) in [6.07, 6.45) is -2.38. The maximum Gasteiger partial charge on any atom is 0.416 e. The minimum absolute atomic E-state index is 0.0417. The van der Waals surface area contributed by atoms with Crippen LogP contribution in [0.25, 0.3) is 10.9 Å². The highest BCUT2D eigenvalue weighted by Crippen LogP contribution is 2.33. The zero-order valence-corrected chi connectivity index (χ0v) is 22.6. The van der Waals surface area contributed by atoms with Gasteiger partial charge in [0.2, 0.25) is 5.91 Å². The summed E-state index contributed by atoms with van der Waals surface area (Å²) in [6, 6.07) is 13.6. The molecular weight excluding hydrogens is 515 g/mol. The minimum Gasteiger partial charge on any atom is -0.358 e. The van der Waals surface area contributed by atoms with E-state index in [9.17, 15) is 26.4 Å². The van der Waals surface area contributed by atoms with E-state index in [1.807, 2.05) is 7.05 Å². The van der Waals surface area contributed by atoms with Crippen LogP contribution in [0.5, 0.6) is 0 Å². The van der Waals surface area contributed by atoms with Gasteiger partial charge in [-0.3, -0.25) is 4.79 Å². The average molecular weight is 550 g/mol. The molecule has 1 saturated carbocycles. The second-order valence-corrected chi connectivity index (χ2v) is 12.6. The molecule has 4 rings (SSSR count). The van der Waals surface area contributed by atoms with Crippen LogP contribution >= 0.6 is 0 Å². The van der Waals surface area contributed by atoms with Crippen molar-refractivity contribution in [2.45, 2.75) is 68.7 Å². The maximum absolute atomic E-state index is 13.2. The summed E-state index contributed by atoms with van der Waals surface area (Å²) in [5, 5.41) is 3.63. The molecule has 0 bridgehead atoms. The molecule has 3 aromatic rings.